The summed E-state index contributed by atoms with van der Waals surface area (Å²) >= 11 is 12.2. The lowest BCUT2D eigenvalue weighted by Crippen LogP contribution is -2.24. The number of phenolic OH excluding ortho intramolecular Hbond substituents is 1. The van der Waals surface area contributed by atoms with Gasteiger partial charge in [0.15, 0.2) is 5.76 Å². The lowest BCUT2D eigenvalue weighted by Gasteiger charge is -2.22. The molecule has 0 aliphatic carbocycles. The van der Waals surface area contributed by atoms with Gasteiger partial charge in [0, 0.05) is 16.6 Å². The van der Waals surface area contributed by atoms with Gasteiger partial charge < -0.3 is 9.84 Å². The van der Waals surface area contributed by atoms with Gasteiger partial charge in [-0.3, -0.25) is 9.69 Å². The summed E-state index contributed by atoms with van der Waals surface area (Å²) in [5.41, 5.74) is 2.55. The highest BCUT2D eigenvalue weighted by molar-refractivity contribution is 6.35. The molecule has 2 aromatic rings. The van der Waals surface area contributed by atoms with Crippen LogP contribution in [0.15, 0.2) is 30.0 Å². The Morgan fingerprint density at radius 3 is 2.55 bits per heavy atom. The topological polar surface area (TPSA) is 49.8 Å². The number of likely N-dealkylation sites (tertiary alicyclic amines) is 1. The molecule has 2 heterocycles. The maximum absolute atomic E-state index is 13.1. The molecule has 2 aliphatic rings. The van der Waals surface area contributed by atoms with Crippen LogP contribution in [-0.4, -0.2) is 28.9 Å². The molecule has 1 saturated heterocycles. The van der Waals surface area contributed by atoms with Crippen molar-refractivity contribution in [3.05, 3.63) is 62.3 Å². The number of halogens is 2. The predicted octanol–water partition coefficient (Wildman–Crippen LogP) is 6.00. The fraction of sp³-hybridized carbons (Fsp3) is 0.348. The molecule has 152 valence electrons. The van der Waals surface area contributed by atoms with E-state index < -0.39 is 0 Å². The minimum absolute atomic E-state index is 0.170. The molecular formula is C23H23Cl2NO3. The highest BCUT2D eigenvalue weighted by Gasteiger charge is 2.33. The third kappa shape index (κ3) is 4.16. The van der Waals surface area contributed by atoms with Crippen molar-refractivity contribution < 1.29 is 14.6 Å². The minimum Gasteiger partial charge on any atom is -0.507 e. The number of nitrogens with zero attached hydrogens (tertiary/aromatic N) is 1. The van der Waals surface area contributed by atoms with E-state index in [0.29, 0.717) is 44.6 Å². The van der Waals surface area contributed by atoms with Crippen LogP contribution in [0.1, 0.15) is 52.7 Å². The minimum atomic E-state index is -0.194. The van der Waals surface area contributed by atoms with Gasteiger partial charge in [-0.2, -0.15) is 0 Å². The molecule has 0 radical (unpaired) electrons. The van der Waals surface area contributed by atoms with Crippen LogP contribution in [0.3, 0.4) is 0 Å². The van der Waals surface area contributed by atoms with Gasteiger partial charge in [0.1, 0.15) is 11.5 Å². The van der Waals surface area contributed by atoms with Gasteiger partial charge in [-0.15, -0.1) is 0 Å². The molecule has 0 spiro atoms. The van der Waals surface area contributed by atoms with Crippen LogP contribution in [0.4, 0.5) is 0 Å². The molecule has 4 nitrogen and oxygen atoms in total. The van der Waals surface area contributed by atoms with Gasteiger partial charge in [-0.25, -0.2) is 0 Å². The summed E-state index contributed by atoms with van der Waals surface area (Å²) in [6.45, 7) is 4.35. The molecule has 0 saturated carbocycles. The van der Waals surface area contributed by atoms with Crippen LogP contribution in [0.2, 0.25) is 10.0 Å². The maximum Gasteiger partial charge on any atom is 0.232 e. The van der Waals surface area contributed by atoms with E-state index in [1.54, 1.807) is 30.3 Å². The molecule has 0 atom stereocenters. The molecule has 0 amide bonds. The summed E-state index contributed by atoms with van der Waals surface area (Å²) in [6.07, 6.45) is 6.40. The van der Waals surface area contributed by atoms with Crippen LogP contribution in [0, 0.1) is 6.92 Å². The molecule has 1 fully saturated rings. The van der Waals surface area contributed by atoms with E-state index in [1.165, 1.54) is 12.8 Å². The molecular weight excluding hydrogens is 409 g/mol. The first-order chi connectivity index (χ1) is 13.9. The summed E-state index contributed by atoms with van der Waals surface area (Å²) in [5, 5.41) is 11.6. The van der Waals surface area contributed by atoms with E-state index in [0.717, 1.165) is 25.9 Å². The summed E-state index contributed by atoms with van der Waals surface area (Å²) in [7, 11) is 0. The van der Waals surface area contributed by atoms with E-state index in [1.807, 2.05) is 6.92 Å². The summed E-state index contributed by atoms with van der Waals surface area (Å²) in [6, 6.07) is 6.75. The van der Waals surface area contributed by atoms with E-state index in [9.17, 15) is 9.90 Å². The van der Waals surface area contributed by atoms with Crippen LogP contribution >= 0.6 is 23.2 Å². The average Bonchev–Trinajstić information content (AvgIpc) is 2.83. The van der Waals surface area contributed by atoms with Gasteiger partial charge in [0.25, 0.3) is 0 Å². The number of rotatable bonds is 3. The van der Waals surface area contributed by atoms with Gasteiger partial charge in [-0.1, -0.05) is 42.1 Å². The number of fused-ring (bicyclic) bond motifs is 1. The third-order valence-electron chi connectivity index (χ3n) is 5.55. The van der Waals surface area contributed by atoms with Gasteiger partial charge in [0.05, 0.1) is 11.1 Å². The Bertz CT molecular complexity index is 992. The van der Waals surface area contributed by atoms with Crippen LogP contribution in [0.5, 0.6) is 11.5 Å². The van der Waals surface area contributed by atoms with Crippen molar-refractivity contribution in [2.24, 2.45) is 0 Å². The first-order valence-electron chi connectivity index (χ1n) is 9.91. The number of phenols is 1. The van der Waals surface area contributed by atoms with E-state index in [2.05, 4.69) is 4.90 Å². The zero-order valence-corrected chi connectivity index (χ0v) is 17.8. The Morgan fingerprint density at radius 1 is 1.14 bits per heavy atom. The monoisotopic (exact) mass is 431 g/mol. The summed E-state index contributed by atoms with van der Waals surface area (Å²) in [4.78, 5) is 15.4. The van der Waals surface area contributed by atoms with Crippen molar-refractivity contribution >= 4 is 35.1 Å². The Labute approximate surface area is 180 Å². The fourth-order valence-electron chi connectivity index (χ4n) is 4.01. The van der Waals surface area contributed by atoms with Crippen LogP contribution in [0.25, 0.3) is 6.08 Å². The lowest BCUT2D eigenvalue weighted by atomic mass is 9.99. The number of ether oxygens (including phenoxy) is 1. The highest BCUT2D eigenvalue weighted by Crippen LogP contribution is 2.42. The molecule has 0 aromatic heterocycles. The Balaban J connectivity index is 1.70. The molecule has 29 heavy (non-hydrogen) atoms. The second kappa shape index (κ2) is 8.39. The Morgan fingerprint density at radius 2 is 1.86 bits per heavy atom. The largest absolute Gasteiger partial charge is 0.507 e. The molecule has 2 aromatic carbocycles. The number of carbonyl (C=O) groups is 1. The second-order valence-corrected chi connectivity index (χ2v) is 8.53. The fourth-order valence-corrected chi connectivity index (χ4v) is 4.47. The zero-order chi connectivity index (χ0) is 20.5. The maximum atomic E-state index is 13.1. The zero-order valence-electron chi connectivity index (χ0n) is 16.3. The van der Waals surface area contributed by atoms with Gasteiger partial charge >= 0.3 is 0 Å². The first kappa shape index (κ1) is 20.3. The van der Waals surface area contributed by atoms with Crippen molar-refractivity contribution in [3.8, 4) is 11.5 Å². The van der Waals surface area contributed by atoms with Crippen molar-refractivity contribution in [2.45, 2.75) is 39.2 Å². The molecule has 4 rings (SSSR count). The number of aromatic hydroxyl groups is 1. The van der Waals surface area contributed by atoms with E-state index in [4.69, 9.17) is 27.9 Å². The summed E-state index contributed by atoms with van der Waals surface area (Å²) in [5.74, 6) is 0.646. The van der Waals surface area contributed by atoms with Crippen molar-refractivity contribution in [3.63, 3.8) is 0 Å². The SMILES string of the molecule is Cc1cc(O)c(CN2CCCCCC2)c2c1C(=O)/C(=C/c1ccc(Cl)cc1Cl)O2. The smallest absolute Gasteiger partial charge is 0.232 e. The third-order valence-corrected chi connectivity index (χ3v) is 6.11. The van der Waals surface area contributed by atoms with Gasteiger partial charge in [-0.05, 0) is 68.3 Å². The standard InChI is InChI=1S/C23H23Cl2NO3/c1-14-10-19(27)17(13-26-8-4-2-3-5-9-26)23-21(14)22(28)20(29-23)11-15-6-7-16(24)12-18(15)25/h6-7,10-12,27H,2-5,8-9,13H2,1H3/b20-11-. The number of hydrogen-bond acceptors (Lipinski definition) is 4. The van der Waals surface area contributed by atoms with Gasteiger partial charge in [0.2, 0.25) is 5.78 Å². The number of aryl methyl sites for hydroxylation is 1. The van der Waals surface area contributed by atoms with Crippen LogP contribution < -0.4 is 4.74 Å². The number of hydrogen-bond donors (Lipinski definition) is 1. The molecule has 6 heteroatoms. The van der Waals surface area contributed by atoms with Crippen molar-refractivity contribution in [1.29, 1.82) is 0 Å². The van der Waals surface area contributed by atoms with Crippen molar-refractivity contribution in [1.82, 2.24) is 4.90 Å². The quantitative estimate of drug-likeness (QED) is 0.605. The number of carbonyl (C=O) groups excluding carboxylic acids is 1. The van der Waals surface area contributed by atoms with E-state index in [-0.39, 0.29) is 17.3 Å². The lowest BCUT2D eigenvalue weighted by molar-refractivity contribution is 0.101. The normalized spacial score (nSPS) is 18.6. The summed E-state index contributed by atoms with van der Waals surface area (Å²) < 4.78 is 6.01. The second-order valence-electron chi connectivity index (χ2n) is 7.69. The molecule has 0 unspecified atom stereocenters. The Hall–Kier alpha value is -2.01. The average molecular weight is 432 g/mol. The van der Waals surface area contributed by atoms with Crippen LogP contribution in [-0.2, 0) is 6.54 Å². The Kier molecular flexibility index (Phi) is 5.86. The molecule has 1 N–H and O–H groups in total. The highest BCUT2D eigenvalue weighted by atomic mass is 35.5. The number of allylic oxidation sites excluding steroid dienone is 1. The number of Topliss-reactive ketones (excluding diaryl/α,β-unsaturated/α-hetero) is 1. The number of benzene rings is 2. The van der Waals surface area contributed by atoms with E-state index >= 15 is 0 Å². The number of ketones is 1. The molecule has 0 bridgehead atoms. The predicted molar refractivity (Wildman–Crippen MR) is 116 cm³/mol. The first-order valence-corrected chi connectivity index (χ1v) is 10.7. The van der Waals surface area contributed by atoms with Crippen molar-refractivity contribution in [2.75, 3.05) is 13.1 Å². The molecule has 2 aliphatic heterocycles.